The van der Waals surface area contributed by atoms with E-state index in [4.69, 9.17) is 4.74 Å². The average Bonchev–Trinajstić information content (AvgIpc) is 2.85. The number of nitrogens with zero attached hydrogens (tertiary/aromatic N) is 1. The maximum atomic E-state index is 13.0. The zero-order chi connectivity index (χ0) is 14.3. The standard InChI is InChI=1S/C14H19BrN2O2S/c1-8-11(15)12(19-2)13(20-8)14(18)17-9-3-4-10(17)7-16-6-5-9/h9-10,16H,3-7H2,1-2H3. The van der Waals surface area contributed by atoms with E-state index in [9.17, 15) is 4.79 Å². The second-order valence-corrected chi connectivity index (χ2v) is 7.44. The number of halogens is 1. The number of ether oxygens (including phenoxy) is 1. The summed E-state index contributed by atoms with van der Waals surface area (Å²) in [6.45, 7) is 3.93. The fourth-order valence-electron chi connectivity index (χ4n) is 3.26. The van der Waals surface area contributed by atoms with Gasteiger partial charge in [0.2, 0.25) is 0 Å². The van der Waals surface area contributed by atoms with E-state index in [1.807, 2.05) is 6.92 Å². The molecule has 110 valence electrons. The Kier molecular flexibility index (Phi) is 4.06. The lowest BCUT2D eigenvalue weighted by Crippen LogP contribution is -2.42. The van der Waals surface area contributed by atoms with Gasteiger partial charge in [0.1, 0.15) is 4.88 Å². The van der Waals surface area contributed by atoms with Crippen molar-refractivity contribution in [1.82, 2.24) is 10.2 Å². The maximum Gasteiger partial charge on any atom is 0.268 e. The van der Waals surface area contributed by atoms with Gasteiger partial charge in [-0.25, -0.2) is 0 Å². The van der Waals surface area contributed by atoms with Crippen molar-refractivity contribution in [2.45, 2.75) is 38.3 Å². The summed E-state index contributed by atoms with van der Waals surface area (Å²) in [4.78, 5) is 16.9. The Labute approximate surface area is 131 Å². The number of hydrogen-bond acceptors (Lipinski definition) is 4. The largest absolute Gasteiger partial charge is 0.494 e. The Bertz CT molecular complexity index is 517. The summed E-state index contributed by atoms with van der Waals surface area (Å²) in [6, 6.07) is 0.717. The van der Waals surface area contributed by atoms with E-state index >= 15 is 0 Å². The van der Waals surface area contributed by atoms with Crippen LogP contribution in [0.2, 0.25) is 0 Å². The van der Waals surface area contributed by atoms with Gasteiger partial charge in [-0.2, -0.15) is 0 Å². The Hall–Kier alpha value is -0.590. The van der Waals surface area contributed by atoms with Crippen molar-refractivity contribution in [2.24, 2.45) is 0 Å². The van der Waals surface area contributed by atoms with Gasteiger partial charge < -0.3 is 15.0 Å². The molecule has 20 heavy (non-hydrogen) atoms. The molecule has 2 unspecified atom stereocenters. The van der Waals surface area contributed by atoms with Crippen LogP contribution in [0.15, 0.2) is 4.47 Å². The molecule has 1 amide bonds. The summed E-state index contributed by atoms with van der Waals surface area (Å²) >= 11 is 5.04. The van der Waals surface area contributed by atoms with Gasteiger partial charge in [0.05, 0.1) is 11.6 Å². The maximum absolute atomic E-state index is 13.0. The Morgan fingerprint density at radius 2 is 2.15 bits per heavy atom. The molecule has 2 atom stereocenters. The predicted octanol–water partition coefficient (Wildman–Crippen LogP) is 2.79. The molecule has 0 radical (unpaired) electrons. The van der Waals surface area contributed by atoms with E-state index in [1.54, 1.807) is 7.11 Å². The first-order chi connectivity index (χ1) is 9.63. The van der Waals surface area contributed by atoms with E-state index in [2.05, 4.69) is 26.1 Å². The minimum absolute atomic E-state index is 0.136. The minimum Gasteiger partial charge on any atom is -0.494 e. The number of carbonyl (C=O) groups is 1. The number of carbonyl (C=O) groups excluding carboxylic acids is 1. The molecule has 1 aromatic rings. The summed E-state index contributed by atoms with van der Waals surface area (Å²) in [6.07, 6.45) is 3.29. The third kappa shape index (κ3) is 2.27. The number of amides is 1. The summed E-state index contributed by atoms with van der Waals surface area (Å²) in [7, 11) is 1.63. The number of nitrogens with one attached hydrogen (secondary N) is 1. The van der Waals surface area contributed by atoms with Crippen LogP contribution in [-0.2, 0) is 0 Å². The van der Waals surface area contributed by atoms with Gasteiger partial charge in [-0.3, -0.25) is 4.79 Å². The van der Waals surface area contributed by atoms with Crippen molar-refractivity contribution in [3.63, 3.8) is 0 Å². The minimum atomic E-state index is 0.136. The number of methoxy groups -OCH3 is 1. The van der Waals surface area contributed by atoms with E-state index < -0.39 is 0 Å². The van der Waals surface area contributed by atoms with Crippen LogP contribution >= 0.6 is 27.3 Å². The lowest BCUT2D eigenvalue weighted by Gasteiger charge is -2.27. The normalized spacial score (nSPS) is 25.6. The molecule has 0 saturated carbocycles. The van der Waals surface area contributed by atoms with Crippen LogP contribution in [0, 0.1) is 6.92 Å². The van der Waals surface area contributed by atoms with Gasteiger partial charge in [-0.05, 0) is 48.7 Å². The predicted molar refractivity (Wildman–Crippen MR) is 83.8 cm³/mol. The van der Waals surface area contributed by atoms with E-state index in [0.717, 1.165) is 46.6 Å². The summed E-state index contributed by atoms with van der Waals surface area (Å²) < 4.78 is 6.34. The molecule has 2 fully saturated rings. The average molecular weight is 359 g/mol. The Morgan fingerprint density at radius 1 is 1.40 bits per heavy atom. The zero-order valence-electron chi connectivity index (χ0n) is 11.7. The summed E-state index contributed by atoms with van der Waals surface area (Å²) in [5.74, 6) is 0.825. The highest BCUT2D eigenvalue weighted by molar-refractivity contribution is 9.10. The molecule has 2 aliphatic rings. The molecule has 3 rings (SSSR count). The van der Waals surface area contributed by atoms with Gasteiger partial charge in [0, 0.05) is 23.5 Å². The molecule has 1 N–H and O–H groups in total. The smallest absolute Gasteiger partial charge is 0.268 e. The van der Waals surface area contributed by atoms with Gasteiger partial charge in [-0.1, -0.05) is 0 Å². The molecule has 0 aliphatic carbocycles. The number of rotatable bonds is 2. The van der Waals surface area contributed by atoms with Crippen molar-refractivity contribution in [3.8, 4) is 5.75 Å². The van der Waals surface area contributed by atoms with Crippen molar-refractivity contribution in [3.05, 3.63) is 14.2 Å². The summed E-state index contributed by atoms with van der Waals surface area (Å²) in [5.41, 5.74) is 0. The molecule has 3 heterocycles. The molecular formula is C14H19BrN2O2S. The molecule has 2 bridgehead atoms. The molecule has 0 spiro atoms. The van der Waals surface area contributed by atoms with Crippen LogP contribution in [0.25, 0.3) is 0 Å². The number of aryl methyl sites for hydroxylation is 1. The van der Waals surface area contributed by atoms with Crippen LogP contribution in [0.5, 0.6) is 5.75 Å². The second-order valence-electron chi connectivity index (χ2n) is 5.42. The van der Waals surface area contributed by atoms with Crippen molar-refractivity contribution >= 4 is 33.2 Å². The fraction of sp³-hybridized carbons (Fsp3) is 0.643. The lowest BCUT2D eigenvalue weighted by molar-refractivity contribution is 0.0682. The molecule has 2 saturated heterocycles. The van der Waals surface area contributed by atoms with Crippen molar-refractivity contribution in [2.75, 3.05) is 20.2 Å². The quantitative estimate of drug-likeness (QED) is 0.883. The SMILES string of the molecule is COc1c(C(=O)N2C3CCNCC2CC3)sc(C)c1Br. The molecule has 4 nitrogen and oxygen atoms in total. The van der Waals surface area contributed by atoms with Gasteiger partial charge >= 0.3 is 0 Å². The van der Waals surface area contributed by atoms with E-state index in [0.29, 0.717) is 17.8 Å². The summed E-state index contributed by atoms with van der Waals surface area (Å²) in [5, 5.41) is 3.43. The number of thiophene rings is 1. The van der Waals surface area contributed by atoms with Crippen LogP contribution in [0.1, 0.15) is 33.8 Å². The first-order valence-corrected chi connectivity index (χ1v) is 8.60. The van der Waals surface area contributed by atoms with E-state index in [1.165, 1.54) is 11.3 Å². The topological polar surface area (TPSA) is 41.6 Å². The second kappa shape index (κ2) is 5.66. The molecular weight excluding hydrogens is 340 g/mol. The monoisotopic (exact) mass is 358 g/mol. The van der Waals surface area contributed by atoms with Gasteiger partial charge in [0.25, 0.3) is 5.91 Å². The van der Waals surface area contributed by atoms with Crippen LogP contribution in [0.3, 0.4) is 0 Å². The number of fused-ring (bicyclic) bond motifs is 2. The van der Waals surface area contributed by atoms with Crippen LogP contribution < -0.4 is 10.1 Å². The zero-order valence-corrected chi connectivity index (χ0v) is 14.1. The molecule has 2 aliphatic heterocycles. The van der Waals surface area contributed by atoms with Crippen LogP contribution in [-0.4, -0.2) is 43.1 Å². The van der Waals surface area contributed by atoms with Gasteiger partial charge in [0.15, 0.2) is 5.75 Å². The van der Waals surface area contributed by atoms with Crippen LogP contribution in [0.4, 0.5) is 0 Å². The van der Waals surface area contributed by atoms with E-state index in [-0.39, 0.29) is 5.91 Å². The molecule has 0 aromatic carbocycles. The third-order valence-electron chi connectivity index (χ3n) is 4.26. The Balaban J connectivity index is 1.94. The highest BCUT2D eigenvalue weighted by Crippen LogP contribution is 2.41. The first-order valence-electron chi connectivity index (χ1n) is 6.99. The highest BCUT2D eigenvalue weighted by Gasteiger charge is 2.40. The van der Waals surface area contributed by atoms with Gasteiger partial charge in [-0.15, -0.1) is 11.3 Å². The third-order valence-corrected chi connectivity index (χ3v) is 6.55. The highest BCUT2D eigenvalue weighted by atomic mass is 79.9. The first kappa shape index (κ1) is 14.4. The van der Waals surface area contributed by atoms with Crippen molar-refractivity contribution < 1.29 is 9.53 Å². The lowest BCUT2D eigenvalue weighted by atomic mass is 10.1. The number of hydrogen-bond donors (Lipinski definition) is 1. The molecule has 1 aromatic heterocycles. The Morgan fingerprint density at radius 3 is 2.90 bits per heavy atom. The fourth-order valence-corrected chi connectivity index (χ4v) is 4.95. The molecule has 6 heteroatoms. The van der Waals surface area contributed by atoms with Crippen molar-refractivity contribution in [1.29, 1.82) is 0 Å².